The summed E-state index contributed by atoms with van der Waals surface area (Å²) in [5, 5.41) is 4.72. The molecule has 11 heteroatoms. The highest BCUT2D eigenvalue weighted by Crippen LogP contribution is 2.33. The van der Waals surface area contributed by atoms with Gasteiger partial charge in [0.2, 0.25) is 11.7 Å². The lowest BCUT2D eigenvalue weighted by atomic mass is 10.2. The molecule has 0 N–H and O–H groups in total. The number of nitrogens with zero attached hydrogens (tertiary/aromatic N) is 5. The summed E-state index contributed by atoms with van der Waals surface area (Å²) in [6.07, 6.45) is -2.22. The molecule has 0 aliphatic carbocycles. The second-order valence-electron chi connectivity index (χ2n) is 6.69. The maximum Gasteiger partial charge on any atom is 0.417 e. The third-order valence-corrected chi connectivity index (χ3v) is 5.01. The van der Waals surface area contributed by atoms with Crippen molar-refractivity contribution in [1.29, 1.82) is 0 Å². The fourth-order valence-electron chi connectivity index (χ4n) is 2.86. The lowest BCUT2D eigenvalue weighted by Crippen LogP contribution is -2.06. The van der Waals surface area contributed by atoms with Crippen LogP contribution < -0.4 is 4.74 Å². The summed E-state index contributed by atoms with van der Waals surface area (Å²) < 4.78 is 45.3. The van der Waals surface area contributed by atoms with Crippen molar-refractivity contribution in [3.05, 3.63) is 81.9 Å². The minimum atomic E-state index is -4.52. The zero-order chi connectivity index (χ0) is 22.9. The van der Waals surface area contributed by atoms with Crippen molar-refractivity contribution in [2.24, 2.45) is 0 Å². The van der Waals surface area contributed by atoms with Crippen LogP contribution in [0.15, 0.2) is 54.9 Å². The first kappa shape index (κ1) is 22.0. The SMILES string of the molecule is Cc1nc(-c2ncccc2Cl)nn1-c1ccc(COc2ncc(C(F)(F)F)cc2Cl)cc1. The van der Waals surface area contributed by atoms with E-state index in [0.717, 1.165) is 17.3 Å². The summed E-state index contributed by atoms with van der Waals surface area (Å²) in [6.45, 7) is 1.88. The van der Waals surface area contributed by atoms with Gasteiger partial charge in [-0.3, -0.25) is 4.98 Å². The van der Waals surface area contributed by atoms with E-state index in [9.17, 15) is 13.2 Å². The van der Waals surface area contributed by atoms with E-state index in [1.165, 1.54) is 0 Å². The molecule has 4 aromatic rings. The summed E-state index contributed by atoms with van der Waals surface area (Å²) in [4.78, 5) is 12.3. The van der Waals surface area contributed by atoms with Crippen LogP contribution in [0.4, 0.5) is 13.2 Å². The molecule has 6 nitrogen and oxygen atoms in total. The molecule has 0 saturated heterocycles. The minimum absolute atomic E-state index is 0.0729. The van der Waals surface area contributed by atoms with E-state index in [1.54, 1.807) is 35.1 Å². The van der Waals surface area contributed by atoms with E-state index in [-0.39, 0.29) is 17.5 Å². The molecule has 3 heterocycles. The zero-order valence-corrected chi connectivity index (χ0v) is 17.9. The zero-order valence-electron chi connectivity index (χ0n) is 16.4. The van der Waals surface area contributed by atoms with Crippen molar-refractivity contribution >= 4 is 23.2 Å². The summed E-state index contributed by atoms with van der Waals surface area (Å²) in [6, 6.07) is 11.4. The van der Waals surface area contributed by atoms with Crippen LogP contribution in [0.5, 0.6) is 5.88 Å². The van der Waals surface area contributed by atoms with Gasteiger partial charge in [-0.25, -0.2) is 14.6 Å². The first-order valence-corrected chi connectivity index (χ1v) is 9.97. The first-order valence-electron chi connectivity index (χ1n) is 9.22. The van der Waals surface area contributed by atoms with Gasteiger partial charge in [0.25, 0.3) is 0 Å². The fourth-order valence-corrected chi connectivity index (χ4v) is 3.28. The predicted octanol–water partition coefficient (Wildman–Crippen LogP) is 5.94. The molecule has 0 saturated carbocycles. The summed E-state index contributed by atoms with van der Waals surface area (Å²) >= 11 is 12.0. The van der Waals surface area contributed by atoms with E-state index in [4.69, 9.17) is 27.9 Å². The largest absolute Gasteiger partial charge is 0.472 e. The number of pyridine rings is 2. The van der Waals surface area contributed by atoms with Gasteiger partial charge in [-0.15, -0.1) is 5.10 Å². The molecule has 3 aromatic heterocycles. The normalized spacial score (nSPS) is 11.6. The standard InChI is InChI=1S/C21H14Cl2F3N5O/c1-12-29-19(18-16(22)3-2-8-27-18)30-31(12)15-6-4-13(5-7-15)11-32-20-17(23)9-14(10-28-20)21(24,25)26/h2-10H,11H2,1H3. The number of aromatic nitrogens is 5. The van der Waals surface area contributed by atoms with E-state index in [1.807, 2.05) is 19.1 Å². The number of ether oxygens (including phenoxy) is 1. The van der Waals surface area contributed by atoms with Gasteiger partial charge in [0.1, 0.15) is 23.1 Å². The minimum Gasteiger partial charge on any atom is -0.472 e. The smallest absolute Gasteiger partial charge is 0.417 e. The Hall–Kier alpha value is -3.17. The second-order valence-corrected chi connectivity index (χ2v) is 7.51. The maximum absolute atomic E-state index is 12.7. The van der Waals surface area contributed by atoms with E-state index in [0.29, 0.717) is 28.6 Å². The van der Waals surface area contributed by atoms with Gasteiger partial charge in [-0.1, -0.05) is 35.3 Å². The molecule has 0 spiro atoms. The Morgan fingerprint density at radius 3 is 2.44 bits per heavy atom. The molecule has 0 aliphatic rings. The van der Waals surface area contributed by atoms with Crippen LogP contribution in [-0.4, -0.2) is 24.7 Å². The van der Waals surface area contributed by atoms with Crippen LogP contribution in [0.3, 0.4) is 0 Å². The molecule has 0 radical (unpaired) electrons. The Morgan fingerprint density at radius 1 is 1.03 bits per heavy atom. The number of hydrogen-bond acceptors (Lipinski definition) is 5. The van der Waals surface area contributed by atoms with Crippen molar-refractivity contribution in [3.8, 4) is 23.1 Å². The Bertz CT molecular complexity index is 1260. The molecule has 0 atom stereocenters. The second kappa shape index (κ2) is 8.76. The molecule has 164 valence electrons. The van der Waals surface area contributed by atoms with Crippen molar-refractivity contribution in [2.45, 2.75) is 19.7 Å². The van der Waals surface area contributed by atoms with Crippen molar-refractivity contribution in [3.63, 3.8) is 0 Å². The van der Waals surface area contributed by atoms with Crippen LogP contribution in [0.1, 0.15) is 17.0 Å². The monoisotopic (exact) mass is 479 g/mol. The highest BCUT2D eigenvalue weighted by Gasteiger charge is 2.31. The Kier molecular flexibility index (Phi) is 6.03. The Morgan fingerprint density at radius 2 is 1.78 bits per heavy atom. The molecule has 0 bridgehead atoms. The summed E-state index contributed by atoms with van der Waals surface area (Å²) in [7, 11) is 0. The molecular formula is C21H14Cl2F3N5O. The van der Waals surface area contributed by atoms with E-state index in [2.05, 4.69) is 20.1 Å². The lowest BCUT2D eigenvalue weighted by Gasteiger charge is -2.11. The summed E-state index contributed by atoms with van der Waals surface area (Å²) in [5.41, 5.74) is 1.07. The van der Waals surface area contributed by atoms with Gasteiger partial charge in [-0.05, 0) is 42.8 Å². The molecule has 0 amide bonds. The topological polar surface area (TPSA) is 65.7 Å². The average molecular weight is 480 g/mol. The van der Waals surface area contributed by atoms with Crippen LogP contribution in [-0.2, 0) is 12.8 Å². The number of alkyl halides is 3. The van der Waals surface area contributed by atoms with Gasteiger partial charge in [0.05, 0.1) is 16.3 Å². The maximum atomic E-state index is 12.7. The van der Waals surface area contributed by atoms with Crippen LogP contribution in [0.25, 0.3) is 17.2 Å². The van der Waals surface area contributed by atoms with E-state index >= 15 is 0 Å². The average Bonchev–Trinajstić information content (AvgIpc) is 3.14. The number of rotatable bonds is 5. The Balaban J connectivity index is 1.48. The van der Waals surface area contributed by atoms with Gasteiger partial charge in [0.15, 0.2) is 0 Å². The number of benzene rings is 1. The van der Waals surface area contributed by atoms with Gasteiger partial charge in [-0.2, -0.15) is 13.2 Å². The lowest BCUT2D eigenvalue weighted by molar-refractivity contribution is -0.137. The predicted molar refractivity (Wildman–Crippen MR) is 113 cm³/mol. The number of halogens is 5. The van der Waals surface area contributed by atoms with Crippen molar-refractivity contribution < 1.29 is 17.9 Å². The summed E-state index contributed by atoms with van der Waals surface area (Å²) in [5.74, 6) is 0.975. The number of hydrogen-bond donors (Lipinski definition) is 0. The third-order valence-electron chi connectivity index (χ3n) is 4.43. The van der Waals surface area contributed by atoms with Crippen LogP contribution in [0, 0.1) is 6.92 Å². The van der Waals surface area contributed by atoms with Gasteiger partial charge >= 0.3 is 6.18 Å². The molecule has 0 aliphatic heterocycles. The van der Waals surface area contributed by atoms with E-state index < -0.39 is 11.7 Å². The molecule has 4 rings (SSSR count). The fraction of sp³-hybridized carbons (Fsp3) is 0.143. The van der Waals surface area contributed by atoms with Crippen LogP contribution in [0.2, 0.25) is 10.0 Å². The van der Waals surface area contributed by atoms with Crippen molar-refractivity contribution in [2.75, 3.05) is 0 Å². The van der Waals surface area contributed by atoms with Crippen molar-refractivity contribution in [1.82, 2.24) is 24.7 Å². The highest BCUT2D eigenvalue weighted by atomic mass is 35.5. The molecule has 1 aromatic carbocycles. The molecule has 0 fully saturated rings. The molecule has 32 heavy (non-hydrogen) atoms. The first-order chi connectivity index (χ1) is 15.2. The number of aryl methyl sites for hydroxylation is 1. The highest BCUT2D eigenvalue weighted by molar-refractivity contribution is 6.32. The molecule has 0 unspecified atom stereocenters. The quantitative estimate of drug-likeness (QED) is 0.354. The third kappa shape index (κ3) is 4.68. The Labute approximate surface area is 190 Å². The van der Waals surface area contributed by atoms with Crippen LogP contribution >= 0.6 is 23.2 Å². The van der Waals surface area contributed by atoms with Gasteiger partial charge < -0.3 is 4.74 Å². The van der Waals surface area contributed by atoms with Gasteiger partial charge in [0, 0.05) is 12.4 Å². The molecular weight excluding hydrogens is 466 g/mol.